The van der Waals surface area contributed by atoms with Crippen molar-refractivity contribution in [2.24, 2.45) is 0 Å². The van der Waals surface area contributed by atoms with Gasteiger partial charge >= 0.3 is 0 Å². The lowest BCUT2D eigenvalue weighted by atomic mass is 9.97. The largest absolute Gasteiger partial charge is 0.353 e. The molecule has 0 atom stereocenters. The van der Waals surface area contributed by atoms with Gasteiger partial charge in [-0.2, -0.15) is 0 Å². The Kier molecular flexibility index (Phi) is 7.65. The predicted molar refractivity (Wildman–Crippen MR) is 94.6 cm³/mol. The SMILES string of the molecule is O=C(CSCc1ccccc1Br)NC1CCCCCCC1. The van der Waals surface area contributed by atoms with Gasteiger partial charge in [-0.1, -0.05) is 66.2 Å². The molecule has 1 saturated carbocycles. The van der Waals surface area contributed by atoms with Crippen molar-refractivity contribution in [1.29, 1.82) is 0 Å². The lowest BCUT2D eigenvalue weighted by Gasteiger charge is -2.21. The number of halogens is 1. The van der Waals surface area contributed by atoms with Crippen molar-refractivity contribution < 1.29 is 4.79 Å². The Hall–Kier alpha value is -0.480. The van der Waals surface area contributed by atoms with Crippen LogP contribution in [-0.4, -0.2) is 17.7 Å². The highest BCUT2D eigenvalue weighted by molar-refractivity contribution is 9.10. The van der Waals surface area contributed by atoms with Gasteiger partial charge in [-0.3, -0.25) is 4.79 Å². The molecule has 0 radical (unpaired) electrons. The van der Waals surface area contributed by atoms with Crippen molar-refractivity contribution in [2.75, 3.05) is 5.75 Å². The van der Waals surface area contributed by atoms with Crippen molar-refractivity contribution in [3.05, 3.63) is 34.3 Å². The van der Waals surface area contributed by atoms with Crippen LogP contribution in [-0.2, 0) is 10.5 Å². The maximum absolute atomic E-state index is 12.0. The zero-order valence-electron chi connectivity index (χ0n) is 12.4. The van der Waals surface area contributed by atoms with E-state index in [0.717, 1.165) is 23.1 Å². The fourth-order valence-electron chi connectivity index (χ4n) is 2.74. The number of benzene rings is 1. The predicted octanol–water partition coefficient (Wildman–Crippen LogP) is 4.91. The number of amides is 1. The normalized spacial score (nSPS) is 17.0. The molecule has 1 fully saturated rings. The van der Waals surface area contributed by atoms with Gasteiger partial charge < -0.3 is 5.32 Å². The lowest BCUT2D eigenvalue weighted by Crippen LogP contribution is -2.36. The van der Waals surface area contributed by atoms with E-state index >= 15 is 0 Å². The number of rotatable bonds is 5. The van der Waals surface area contributed by atoms with Crippen molar-refractivity contribution >= 4 is 33.6 Å². The second-order valence-electron chi connectivity index (χ2n) is 5.69. The van der Waals surface area contributed by atoms with Gasteiger partial charge in [-0.05, 0) is 24.5 Å². The molecule has 1 N–H and O–H groups in total. The number of hydrogen-bond acceptors (Lipinski definition) is 2. The van der Waals surface area contributed by atoms with Crippen molar-refractivity contribution in [2.45, 2.75) is 56.7 Å². The van der Waals surface area contributed by atoms with E-state index in [1.165, 1.54) is 37.7 Å². The van der Waals surface area contributed by atoms with Crippen LogP contribution in [0.4, 0.5) is 0 Å². The first kappa shape index (κ1) is 16.9. The molecule has 0 saturated heterocycles. The summed E-state index contributed by atoms with van der Waals surface area (Å²) in [7, 11) is 0. The van der Waals surface area contributed by atoms with Crippen LogP contribution in [0, 0.1) is 0 Å². The number of carbonyl (C=O) groups excluding carboxylic acids is 1. The molecule has 0 spiro atoms. The first-order valence-corrected chi connectivity index (χ1v) is 9.81. The Morgan fingerprint density at radius 1 is 1.14 bits per heavy atom. The van der Waals surface area contributed by atoms with Gasteiger partial charge in [0, 0.05) is 16.3 Å². The smallest absolute Gasteiger partial charge is 0.230 e. The number of carbonyl (C=O) groups is 1. The maximum atomic E-state index is 12.0. The molecule has 1 amide bonds. The minimum Gasteiger partial charge on any atom is -0.353 e. The monoisotopic (exact) mass is 369 g/mol. The second kappa shape index (κ2) is 9.52. The Morgan fingerprint density at radius 2 is 1.81 bits per heavy atom. The van der Waals surface area contributed by atoms with Gasteiger partial charge in [0.1, 0.15) is 0 Å². The summed E-state index contributed by atoms with van der Waals surface area (Å²) in [6, 6.07) is 8.60. The minimum absolute atomic E-state index is 0.192. The van der Waals surface area contributed by atoms with Gasteiger partial charge in [-0.15, -0.1) is 11.8 Å². The van der Waals surface area contributed by atoms with Gasteiger partial charge in [-0.25, -0.2) is 0 Å². The fraction of sp³-hybridized carbons (Fsp3) is 0.588. The molecule has 116 valence electrons. The summed E-state index contributed by atoms with van der Waals surface area (Å²) >= 11 is 5.23. The van der Waals surface area contributed by atoms with Gasteiger partial charge in [0.15, 0.2) is 0 Å². The zero-order valence-corrected chi connectivity index (χ0v) is 14.8. The standard InChI is InChI=1S/C17H24BrNOS/c18-16-11-7-6-8-14(16)12-21-13-17(20)19-15-9-4-2-1-3-5-10-15/h6-8,11,15H,1-5,9-10,12-13H2,(H,19,20). The molecule has 0 aromatic heterocycles. The Bertz CT molecular complexity index is 444. The van der Waals surface area contributed by atoms with Gasteiger partial charge in [0.25, 0.3) is 0 Å². The highest BCUT2D eigenvalue weighted by atomic mass is 79.9. The molecule has 0 unspecified atom stereocenters. The summed E-state index contributed by atoms with van der Waals surface area (Å²) in [6.45, 7) is 0. The summed E-state index contributed by atoms with van der Waals surface area (Å²) in [5.41, 5.74) is 1.25. The summed E-state index contributed by atoms with van der Waals surface area (Å²) in [5.74, 6) is 1.62. The van der Waals surface area contributed by atoms with Crippen LogP contribution in [0.25, 0.3) is 0 Å². The highest BCUT2D eigenvalue weighted by Gasteiger charge is 2.13. The van der Waals surface area contributed by atoms with E-state index in [9.17, 15) is 4.79 Å². The molecule has 1 aliphatic carbocycles. The third-order valence-electron chi connectivity index (χ3n) is 3.92. The maximum Gasteiger partial charge on any atom is 0.230 e. The summed E-state index contributed by atoms with van der Waals surface area (Å²) in [6.07, 6.45) is 8.83. The van der Waals surface area contributed by atoms with Gasteiger partial charge in [0.2, 0.25) is 5.91 Å². The van der Waals surface area contributed by atoms with Crippen molar-refractivity contribution in [3.63, 3.8) is 0 Å². The number of hydrogen-bond donors (Lipinski definition) is 1. The van der Waals surface area contributed by atoms with Crippen LogP contribution in [0.5, 0.6) is 0 Å². The van der Waals surface area contributed by atoms with E-state index in [-0.39, 0.29) is 5.91 Å². The topological polar surface area (TPSA) is 29.1 Å². The van der Waals surface area contributed by atoms with Crippen LogP contribution >= 0.6 is 27.7 Å². The summed E-state index contributed by atoms with van der Waals surface area (Å²) < 4.78 is 1.12. The Morgan fingerprint density at radius 3 is 2.52 bits per heavy atom. The Labute approximate surface area is 140 Å². The van der Waals surface area contributed by atoms with E-state index in [4.69, 9.17) is 0 Å². The molecule has 0 aliphatic heterocycles. The van der Waals surface area contributed by atoms with Gasteiger partial charge in [0.05, 0.1) is 5.75 Å². The first-order chi connectivity index (χ1) is 10.3. The molecule has 2 rings (SSSR count). The van der Waals surface area contributed by atoms with Crippen LogP contribution < -0.4 is 5.32 Å². The minimum atomic E-state index is 0.192. The molecule has 1 aromatic carbocycles. The Balaban J connectivity index is 1.68. The second-order valence-corrected chi connectivity index (χ2v) is 7.53. The fourth-order valence-corrected chi connectivity index (χ4v) is 4.19. The van der Waals surface area contributed by atoms with E-state index in [0.29, 0.717) is 11.8 Å². The summed E-state index contributed by atoms with van der Waals surface area (Å²) in [5, 5.41) is 3.22. The van der Waals surface area contributed by atoms with E-state index in [1.54, 1.807) is 11.8 Å². The summed E-state index contributed by atoms with van der Waals surface area (Å²) in [4.78, 5) is 12.0. The molecule has 1 aliphatic rings. The first-order valence-electron chi connectivity index (χ1n) is 7.86. The molecule has 0 heterocycles. The third-order valence-corrected chi connectivity index (χ3v) is 5.67. The molecule has 0 bridgehead atoms. The molecule has 4 heteroatoms. The number of thioether (sulfide) groups is 1. The van der Waals surface area contributed by atoms with Crippen LogP contribution in [0.15, 0.2) is 28.7 Å². The van der Waals surface area contributed by atoms with Crippen LogP contribution in [0.2, 0.25) is 0 Å². The highest BCUT2D eigenvalue weighted by Crippen LogP contribution is 2.21. The van der Waals surface area contributed by atoms with E-state index in [2.05, 4.69) is 27.3 Å². The van der Waals surface area contributed by atoms with E-state index < -0.39 is 0 Å². The average Bonchev–Trinajstić information content (AvgIpc) is 2.44. The molecule has 2 nitrogen and oxygen atoms in total. The third kappa shape index (κ3) is 6.43. The molecule has 1 aromatic rings. The zero-order chi connectivity index (χ0) is 14.9. The van der Waals surface area contributed by atoms with Crippen LogP contribution in [0.1, 0.15) is 50.5 Å². The van der Waals surface area contributed by atoms with E-state index in [1.807, 2.05) is 18.2 Å². The van der Waals surface area contributed by atoms with Crippen LogP contribution in [0.3, 0.4) is 0 Å². The average molecular weight is 370 g/mol. The van der Waals surface area contributed by atoms with Crippen molar-refractivity contribution in [1.82, 2.24) is 5.32 Å². The number of nitrogens with one attached hydrogen (secondary N) is 1. The molecular formula is C17H24BrNOS. The quantitative estimate of drug-likeness (QED) is 0.798. The molecule has 21 heavy (non-hydrogen) atoms. The molecular weight excluding hydrogens is 346 g/mol. The lowest BCUT2D eigenvalue weighted by molar-refractivity contribution is -0.119. The van der Waals surface area contributed by atoms with Crippen molar-refractivity contribution in [3.8, 4) is 0 Å².